The van der Waals surface area contributed by atoms with Crippen molar-refractivity contribution < 1.29 is 4.79 Å². The van der Waals surface area contributed by atoms with Gasteiger partial charge in [-0.1, -0.05) is 83.9 Å². The number of carbonyl (C=O) groups excluding carboxylic acids is 1. The smallest absolute Gasteiger partial charge is 0.225 e. The third-order valence-electron chi connectivity index (χ3n) is 4.70. The quantitative estimate of drug-likeness (QED) is 0.689. The summed E-state index contributed by atoms with van der Waals surface area (Å²) in [6.45, 7) is 6.18. The van der Waals surface area contributed by atoms with Crippen molar-refractivity contribution in [2.45, 2.75) is 33.2 Å². The molecule has 0 aliphatic rings. The van der Waals surface area contributed by atoms with Crippen LogP contribution in [0.5, 0.6) is 0 Å². The second kappa shape index (κ2) is 8.01. The van der Waals surface area contributed by atoms with Crippen molar-refractivity contribution in [3.63, 3.8) is 0 Å². The summed E-state index contributed by atoms with van der Waals surface area (Å²) < 4.78 is 0. The van der Waals surface area contributed by atoms with Crippen LogP contribution in [0.3, 0.4) is 0 Å². The van der Waals surface area contributed by atoms with E-state index in [0.29, 0.717) is 6.42 Å². The number of hydrogen-bond donors (Lipinski definition) is 1. The lowest BCUT2D eigenvalue weighted by atomic mass is 9.97. The van der Waals surface area contributed by atoms with E-state index >= 15 is 0 Å². The van der Waals surface area contributed by atoms with Gasteiger partial charge in [0.15, 0.2) is 0 Å². The first-order valence-electron chi connectivity index (χ1n) is 9.00. The molecule has 1 atom stereocenters. The third kappa shape index (κ3) is 4.40. The third-order valence-corrected chi connectivity index (χ3v) is 4.70. The van der Waals surface area contributed by atoms with Gasteiger partial charge in [-0.15, -0.1) is 0 Å². The van der Waals surface area contributed by atoms with Gasteiger partial charge in [0.2, 0.25) is 5.91 Å². The molecule has 0 radical (unpaired) electrons. The Labute approximate surface area is 155 Å². The average Bonchev–Trinajstić information content (AvgIpc) is 2.64. The van der Waals surface area contributed by atoms with Crippen molar-refractivity contribution in [2.24, 2.45) is 0 Å². The highest BCUT2D eigenvalue weighted by Gasteiger charge is 2.17. The Morgan fingerprint density at radius 3 is 2.12 bits per heavy atom. The molecule has 2 nitrogen and oxygen atoms in total. The van der Waals surface area contributed by atoms with E-state index in [0.717, 1.165) is 22.3 Å². The molecule has 0 aliphatic heterocycles. The molecule has 0 aromatic heterocycles. The number of carbonyl (C=O) groups is 1. The van der Waals surface area contributed by atoms with Gasteiger partial charge in [-0.3, -0.25) is 4.79 Å². The van der Waals surface area contributed by atoms with E-state index in [4.69, 9.17) is 0 Å². The van der Waals surface area contributed by atoms with Gasteiger partial charge in [0.1, 0.15) is 0 Å². The number of amides is 1. The lowest BCUT2D eigenvalue weighted by molar-refractivity contribution is -0.120. The van der Waals surface area contributed by atoms with Crippen molar-refractivity contribution in [1.82, 2.24) is 5.32 Å². The Morgan fingerprint density at radius 1 is 0.808 bits per heavy atom. The number of nitrogens with one attached hydrogen (secondary N) is 1. The molecule has 3 rings (SSSR count). The molecular formula is C24H25NO. The first kappa shape index (κ1) is 17.9. The van der Waals surface area contributed by atoms with Crippen LogP contribution < -0.4 is 5.32 Å². The Hall–Kier alpha value is -2.87. The number of benzene rings is 3. The van der Waals surface area contributed by atoms with Gasteiger partial charge >= 0.3 is 0 Å². The molecule has 26 heavy (non-hydrogen) atoms. The molecular weight excluding hydrogens is 318 g/mol. The largest absolute Gasteiger partial charge is 0.345 e. The lowest BCUT2D eigenvalue weighted by Gasteiger charge is -2.20. The zero-order chi connectivity index (χ0) is 18.5. The van der Waals surface area contributed by atoms with Crippen LogP contribution in [0.1, 0.15) is 39.4 Å². The molecule has 132 valence electrons. The lowest BCUT2D eigenvalue weighted by Crippen LogP contribution is -2.30. The highest BCUT2D eigenvalue weighted by Crippen LogP contribution is 2.23. The molecule has 0 heterocycles. The van der Waals surface area contributed by atoms with Crippen LogP contribution in [0.2, 0.25) is 0 Å². The van der Waals surface area contributed by atoms with Gasteiger partial charge in [0.05, 0.1) is 12.5 Å². The van der Waals surface area contributed by atoms with E-state index in [-0.39, 0.29) is 11.9 Å². The van der Waals surface area contributed by atoms with Crippen molar-refractivity contribution >= 4 is 5.91 Å². The molecule has 0 bridgehead atoms. The predicted octanol–water partition coefficient (Wildman–Crippen LogP) is 5.06. The van der Waals surface area contributed by atoms with Crippen LogP contribution in [0.4, 0.5) is 0 Å². The number of rotatable bonds is 5. The Bertz CT molecular complexity index is 882. The van der Waals surface area contributed by atoms with E-state index < -0.39 is 0 Å². The van der Waals surface area contributed by atoms with Crippen molar-refractivity contribution in [3.8, 4) is 0 Å². The second-order valence-corrected chi connectivity index (χ2v) is 6.93. The zero-order valence-corrected chi connectivity index (χ0v) is 15.6. The first-order chi connectivity index (χ1) is 12.5. The summed E-state index contributed by atoms with van der Waals surface area (Å²) in [6, 6.07) is 24.6. The molecule has 0 saturated carbocycles. The number of aryl methyl sites for hydroxylation is 3. The predicted molar refractivity (Wildman–Crippen MR) is 107 cm³/mol. The summed E-state index contributed by atoms with van der Waals surface area (Å²) in [4.78, 5) is 12.8. The first-order valence-corrected chi connectivity index (χ1v) is 9.00. The fraction of sp³-hybridized carbons (Fsp3) is 0.208. The minimum Gasteiger partial charge on any atom is -0.345 e. The summed E-state index contributed by atoms with van der Waals surface area (Å²) >= 11 is 0. The van der Waals surface area contributed by atoms with E-state index in [2.05, 4.69) is 80.7 Å². The molecule has 2 heteroatoms. The van der Waals surface area contributed by atoms with E-state index in [1.54, 1.807) is 0 Å². The van der Waals surface area contributed by atoms with Gasteiger partial charge in [-0.2, -0.15) is 0 Å². The molecule has 0 spiro atoms. The molecule has 3 aromatic rings. The zero-order valence-electron chi connectivity index (χ0n) is 15.6. The summed E-state index contributed by atoms with van der Waals surface area (Å²) in [6.07, 6.45) is 0.392. The number of hydrogen-bond acceptors (Lipinski definition) is 1. The standard InChI is InChI=1S/C24H25NO/c1-17-10-13-21(14-11-17)24(20-7-5-4-6-8-20)25-23(26)16-22-15-18(2)9-12-19(22)3/h4-15,24H,16H2,1-3H3,(H,25,26)/t24-/m0/s1. The monoisotopic (exact) mass is 343 g/mol. The molecule has 0 saturated heterocycles. The molecule has 0 aliphatic carbocycles. The molecule has 3 aromatic carbocycles. The minimum absolute atomic E-state index is 0.0353. The maximum absolute atomic E-state index is 12.8. The Balaban J connectivity index is 1.84. The molecule has 1 N–H and O–H groups in total. The fourth-order valence-corrected chi connectivity index (χ4v) is 3.14. The summed E-state index contributed by atoms with van der Waals surface area (Å²) in [5.74, 6) is 0.0353. The maximum Gasteiger partial charge on any atom is 0.225 e. The van der Waals surface area contributed by atoms with Crippen LogP contribution >= 0.6 is 0 Å². The normalized spacial score (nSPS) is 11.8. The maximum atomic E-state index is 12.8. The minimum atomic E-state index is -0.144. The van der Waals surface area contributed by atoms with Gasteiger partial charge in [0, 0.05) is 0 Å². The highest BCUT2D eigenvalue weighted by molar-refractivity contribution is 5.80. The van der Waals surface area contributed by atoms with E-state index in [1.807, 2.05) is 18.2 Å². The van der Waals surface area contributed by atoms with Gasteiger partial charge < -0.3 is 5.32 Å². The Kier molecular flexibility index (Phi) is 5.52. The second-order valence-electron chi connectivity index (χ2n) is 6.93. The SMILES string of the molecule is Cc1ccc([C@@H](NC(=O)Cc2cc(C)ccc2C)c2ccccc2)cc1. The van der Waals surface area contributed by atoms with Crippen LogP contribution in [0, 0.1) is 20.8 Å². The van der Waals surface area contributed by atoms with Gasteiger partial charge in [-0.05, 0) is 43.0 Å². The van der Waals surface area contributed by atoms with Gasteiger partial charge in [-0.25, -0.2) is 0 Å². The van der Waals surface area contributed by atoms with Crippen LogP contribution in [-0.2, 0) is 11.2 Å². The molecule has 0 unspecified atom stereocenters. The molecule has 0 fully saturated rings. The Morgan fingerprint density at radius 2 is 1.42 bits per heavy atom. The van der Waals surface area contributed by atoms with Crippen molar-refractivity contribution in [2.75, 3.05) is 0 Å². The summed E-state index contributed by atoms with van der Waals surface area (Å²) in [7, 11) is 0. The van der Waals surface area contributed by atoms with Gasteiger partial charge in [0.25, 0.3) is 0 Å². The van der Waals surface area contributed by atoms with Crippen molar-refractivity contribution in [1.29, 1.82) is 0 Å². The van der Waals surface area contributed by atoms with E-state index in [9.17, 15) is 4.79 Å². The van der Waals surface area contributed by atoms with E-state index in [1.165, 1.54) is 11.1 Å². The topological polar surface area (TPSA) is 29.1 Å². The van der Waals surface area contributed by atoms with Crippen LogP contribution in [-0.4, -0.2) is 5.91 Å². The van der Waals surface area contributed by atoms with Crippen LogP contribution in [0.25, 0.3) is 0 Å². The fourth-order valence-electron chi connectivity index (χ4n) is 3.14. The summed E-state index contributed by atoms with van der Waals surface area (Å²) in [5.41, 5.74) is 6.80. The average molecular weight is 343 g/mol. The highest BCUT2D eigenvalue weighted by atomic mass is 16.1. The molecule has 1 amide bonds. The van der Waals surface area contributed by atoms with Crippen molar-refractivity contribution in [3.05, 3.63) is 106 Å². The van der Waals surface area contributed by atoms with Crippen LogP contribution in [0.15, 0.2) is 72.8 Å². The summed E-state index contributed by atoms with van der Waals surface area (Å²) in [5, 5.41) is 3.23.